The molecule has 3 nitrogen and oxygen atoms in total. The Hall–Kier alpha value is -0.160. The van der Waals surface area contributed by atoms with E-state index in [0.717, 1.165) is 4.88 Å². The molecular formula is C10H12NNaO2S. The van der Waals surface area contributed by atoms with Gasteiger partial charge in [-0.2, -0.15) is 0 Å². The van der Waals surface area contributed by atoms with E-state index in [1.54, 1.807) is 6.21 Å². The summed E-state index contributed by atoms with van der Waals surface area (Å²) >= 11 is 1.53. The normalized spacial score (nSPS) is 12.7. The van der Waals surface area contributed by atoms with Gasteiger partial charge in [0.2, 0.25) is 0 Å². The van der Waals surface area contributed by atoms with Gasteiger partial charge in [-0.1, -0.05) is 19.9 Å². The molecule has 0 spiro atoms. The van der Waals surface area contributed by atoms with Crippen LogP contribution >= 0.6 is 11.3 Å². The van der Waals surface area contributed by atoms with Crippen molar-refractivity contribution >= 4 is 23.5 Å². The van der Waals surface area contributed by atoms with Crippen LogP contribution in [0.25, 0.3) is 0 Å². The Morgan fingerprint density at radius 1 is 1.60 bits per heavy atom. The molecule has 0 amide bonds. The van der Waals surface area contributed by atoms with Crippen molar-refractivity contribution in [3.63, 3.8) is 0 Å². The first-order valence-corrected chi connectivity index (χ1v) is 5.26. The van der Waals surface area contributed by atoms with Crippen molar-refractivity contribution in [2.75, 3.05) is 0 Å². The first kappa shape index (κ1) is 14.8. The Bertz CT molecular complexity index is 322. The number of carbonyl (C=O) groups excluding carboxylic acids is 1. The Labute approximate surface area is 116 Å². The molecule has 0 bridgehead atoms. The molecule has 0 fully saturated rings. The zero-order valence-electron chi connectivity index (χ0n) is 9.14. The molecule has 0 aliphatic carbocycles. The maximum atomic E-state index is 10.7. The minimum Gasteiger partial charge on any atom is -0.548 e. The first-order valence-electron chi connectivity index (χ1n) is 4.39. The summed E-state index contributed by atoms with van der Waals surface area (Å²) < 4.78 is 0. The van der Waals surface area contributed by atoms with Gasteiger partial charge in [0.25, 0.3) is 0 Å². The molecule has 0 aromatic carbocycles. The van der Waals surface area contributed by atoms with Crippen molar-refractivity contribution in [2.24, 2.45) is 10.9 Å². The molecule has 0 saturated carbocycles. The standard InChI is InChI=1S/C10H13NO2S.Na/c1-7(2)9(10(12)13)11-6-8-4-3-5-14-8;/h3-7,9H,1-2H3,(H,12,13);/q;+1/p-1. The number of carbonyl (C=O) groups is 1. The van der Waals surface area contributed by atoms with E-state index in [4.69, 9.17) is 0 Å². The molecular weight excluding hydrogens is 221 g/mol. The van der Waals surface area contributed by atoms with Crippen molar-refractivity contribution < 1.29 is 39.5 Å². The second-order valence-electron chi connectivity index (χ2n) is 3.30. The minimum atomic E-state index is -1.12. The van der Waals surface area contributed by atoms with Gasteiger partial charge < -0.3 is 9.90 Å². The molecule has 1 heterocycles. The van der Waals surface area contributed by atoms with Crippen molar-refractivity contribution in [1.29, 1.82) is 0 Å². The van der Waals surface area contributed by atoms with Gasteiger partial charge in [-0.25, -0.2) is 0 Å². The number of thiophene rings is 1. The van der Waals surface area contributed by atoms with E-state index in [2.05, 4.69) is 4.99 Å². The van der Waals surface area contributed by atoms with E-state index in [9.17, 15) is 9.90 Å². The summed E-state index contributed by atoms with van der Waals surface area (Å²) in [4.78, 5) is 15.6. The van der Waals surface area contributed by atoms with Crippen molar-refractivity contribution in [1.82, 2.24) is 0 Å². The number of hydrogen-bond donors (Lipinski definition) is 0. The number of hydrogen-bond acceptors (Lipinski definition) is 4. The number of rotatable bonds is 4. The predicted molar refractivity (Wildman–Crippen MR) is 55.5 cm³/mol. The monoisotopic (exact) mass is 233 g/mol. The van der Waals surface area contributed by atoms with Gasteiger partial charge >= 0.3 is 29.6 Å². The van der Waals surface area contributed by atoms with Gasteiger partial charge in [-0.05, 0) is 17.4 Å². The first-order chi connectivity index (χ1) is 6.61. The van der Waals surface area contributed by atoms with Crippen LogP contribution in [0.15, 0.2) is 22.5 Å². The van der Waals surface area contributed by atoms with Gasteiger partial charge in [0, 0.05) is 11.1 Å². The van der Waals surface area contributed by atoms with Gasteiger partial charge in [-0.15, -0.1) is 11.3 Å². The topological polar surface area (TPSA) is 52.5 Å². The van der Waals surface area contributed by atoms with Crippen molar-refractivity contribution in [3.8, 4) is 0 Å². The van der Waals surface area contributed by atoms with Gasteiger partial charge in [0.15, 0.2) is 0 Å². The fraction of sp³-hybridized carbons (Fsp3) is 0.400. The molecule has 76 valence electrons. The van der Waals surface area contributed by atoms with E-state index in [1.165, 1.54) is 11.3 Å². The molecule has 1 aromatic rings. The molecule has 0 N–H and O–H groups in total. The van der Waals surface area contributed by atoms with Crippen LogP contribution in [0.5, 0.6) is 0 Å². The fourth-order valence-electron chi connectivity index (χ4n) is 1.02. The van der Waals surface area contributed by atoms with E-state index >= 15 is 0 Å². The van der Waals surface area contributed by atoms with E-state index in [0.29, 0.717) is 0 Å². The Kier molecular flexibility index (Phi) is 7.09. The molecule has 1 aromatic heterocycles. The zero-order valence-corrected chi connectivity index (χ0v) is 12.0. The van der Waals surface area contributed by atoms with Crippen LogP contribution in [0.1, 0.15) is 18.7 Å². The molecule has 0 aliphatic heterocycles. The van der Waals surface area contributed by atoms with Crippen LogP contribution in [0, 0.1) is 5.92 Å². The summed E-state index contributed by atoms with van der Waals surface area (Å²) in [7, 11) is 0. The molecule has 0 radical (unpaired) electrons. The average molecular weight is 233 g/mol. The number of carboxylic acid groups (broad SMARTS) is 1. The van der Waals surface area contributed by atoms with Gasteiger partial charge in [0.05, 0.1) is 12.0 Å². The number of aliphatic imine (C=N–C) groups is 1. The maximum absolute atomic E-state index is 10.7. The Morgan fingerprint density at radius 3 is 2.67 bits per heavy atom. The average Bonchev–Trinajstić information content (AvgIpc) is 2.55. The molecule has 1 unspecified atom stereocenters. The summed E-state index contributed by atoms with van der Waals surface area (Å²) in [5, 5.41) is 12.6. The number of aliphatic carboxylic acids is 1. The summed E-state index contributed by atoms with van der Waals surface area (Å²) in [6, 6.07) is 3.04. The van der Waals surface area contributed by atoms with Crippen LogP contribution in [0.4, 0.5) is 0 Å². The third-order valence-corrected chi connectivity index (χ3v) is 2.59. The second kappa shape index (κ2) is 7.17. The molecule has 1 rings (SSSR count). The van der Waals surface area contributed by atoms with Crippen LogP contribution in [-0.4, -0.2) is 18.2 Å². The smallest absolute Gasteiger partial charge is 0.548 e. The van der Waals surface area contributed by atoms with Crippen molar-refractivity contribution in [3.05, 3.63) is 22.4 Å². The fourth-order valence-corrected chi connectivity index (χ4v) is 1.62. The summed E-state index contributed by atoms with van der Waals surface area (Å²) in [5.74, 6) is -1.16. The summed E-state index contributed by atoms with van der Waals surface area (Å²) in [6.07, 6.45) is 1.59. The van der Waals surface area contributed by atoms with Crippen LogP contribution in [-0.2, 0) is 4.79 Å². The Morgan fingerprint density at radius 2 is 2.27 bits per heavy atom. The molecule has 5 heteroatoms. The van der Waals surface area contributed by atoms with Crippen molar-refractivity contribution in [2.45, 2.75) is 19.9 Å². The number of carboxylic acids is 1. The quantitative estimate of drug-likeness (QED) is 0.444. The maximum Gasteiger partial charge on any atom is 1.00 e. The van der Waals surface area contributed by atoms with Gasteiger partial charge in [0.1, 0.15) is 0 Å². The minimum absolute atomic E-state index is 0. The summed E-state index contributed by atoms with van der Waals surface area (Å²) in [5.41, 5.74) is 0. The van der Waals surface area contributed by atoms with E-state index in [-0.39, 0.29) is 35.5 Å². The van der Waals surface area contributed by atoms with E-state index in [1.807, 2.05) is 31.4 Å². The molecule has 0 saturated heterocycles. The molecule has 0 aliphatic rings. The third kappa shape index (κ3) is 4.93. The van der Waals surface area contributed by atoms with E-state index < -0.39 is 12.0 Å². The van der Waals surface area contributed by atoms with Crippen LogP contribution < -0.4 is 34.7 Å². The molecule has 1 atom stereocenters. The third-order valence-electron chi connectivity index (χ3n) is 1.78. The predicted octanol–water partition coefficient (Wildman–Crippen LogP) is -2.05. The van der Waals surface area contributed by atoms with Crippen LogP contribution in [0.3, 0.4) is 0 Å². The SMILES string of the molecule is CC(C)C(N=Cc1cccs1)C(=O)[O-].[Na+]. The molecule has 15 heavy (non-hydrogen) atoms. The summed E-state index contributed by atoms with van der Waals surface area (Å²) in [6.45, 7) is 3.62. The van der Waals surface area contributed by atoms with Gasteiger partial charge in [-0.3, -0.25) is 4.99 Å². The largest absolute Gasteiger partial charge is 1.00 e. The second-order valence-corrected chi connectivity index (χ2v) is 4.28. The number of nitrogens with zero attached hydrogens (tertiary/aromatic N) is 1. The zero-order chi connectivity index (χ0) is 10.6. The Balaban J connectivity index is 0.00000196. The van der Waals surface area contributed by atoms with Crippen LogP contribution in [0.2, 0.25) is 0 Å².